The van der Waals surface area contributed by atoms with Gasteiger partial charge in [-0.15, -0.1) is 0 Å². The van der Waals surface area contributed by atoms with E-state index in [0.717, 1.165) is 42.0 Å². The molecule has 2 heterocycles. The Morgan fingerprint density at radius 3 is 2.81 bits per heavy atom. The van der Waals surface area contributed by atoms with Crippen molar-refractivity contribution < 1.29 is 9.18 Å². The molecule has 3 aromatic rings. The lowest BCUT2D eigenvalue weighted by Gasteiger charge is -2.11. The Kier molecular flexibility index (Phi) is 4.75. The number of fused-ring (bicyclic) bond motifs is 1. The highest BCUT2D eigenvalue weighted by Gasteiger charge is 2.15. The van der Waals surface area contributed by atoms with Crippen molar-refractivity contribution in [3.63, 3.8) is 0 Å². The highest BCUT2D eigenvalue weighted by molar-refractivity contribution is 5.99. The summed E-state index contributed by atoms with van der Waals surface area (Å²) >= 11 is 0. The van der Waals surface area contributed by atoms with Crippen LogP contribution in [-0.2, 0) is 6.54 Å². The maximum absolute atomic E-state index is 13.6. The Balaban J connectivity index is 1.99. The van der Waals surface area contributed by atoms with Gasteiger partial charge in [0.2, 0.25) is 0 Å². The highest BCUT2D eigenvalue weighted by Crippen LogP contribution is 2.27. The van der Waals surface area contributed by atoms with Crippen molar-refractivity contribution in [1.29, 1.82) is 0 Å². The number of hydrogen-bond acceptors (Lipinski definition) is 5. The van der Waals surface area contributed by atoms with E-state index in [1.807, 2.05) is 29.8 Å². The maximum Gasteiger partial charge on any atom is 0.252 e. The molecule has 0 aliphatic carbocycles. The number of halogens is 1. The molecule has 2 aromatic heterocycles. The molecule has 0 fully saturated rings. The molecule has 5 N–H and O–H groups in total. The van der Waals surface area contributed by atoms with Crippen LogP contribution in [0.3, 0.4) is 0 Å². The van der Waals surface area contributed by atoms with E-state index < -0.39 is 11.7 Å². The van der Waals surface area contributed by atoms with E-state index >= 15 is 0 Å². The molecular weight excluding hydrogens is 335 g/mol. The van der Waals surface area contributed by atoms with Crippen molar-refractivity contribution in [3.05, 3.63) is 41.3 Å². The third-order valence-electron chi connectivity index (χ3n) is 4.19. The highest BCUT2D eigenvalue weighted by atomic mass is 19.1. The molecule has 0 saturated carbocycles. The van der Waals surface area contributed by atoms with Crippen LogP contribution in [0.15, 0.2) is 24.3 Å². The molecule has 0 radical (unpaired) electrons. The summed E-state index contributed by atoms with van der Waals surface area (Å²) in [6.07, 6.45) is 2.14. The number of anilines is 3. The topological polar surface area (TPSA) is 112 Å². The van der Waals surface area contributed by atoms with Gasteiger partial charge in [0, 0.05) is 17.6 Å². The van der Waals surface area contributed by atoms with E-state index in [1.54, 1.807) is 0 Å². The average Bonchev–Trinajstić information content (AvgIpc) is 2.91. The zero-order valence-corrected chi connectivity index (χ0v) is 14.7. The number of aromatic nitrogens is 3. The molecule has 0 aliphatic heterocycles. The molecule has 3 rings (SSSR count). The molecule has 26 heavy (non-hydrogen) atoms. The van der Waals surface area contributed by atoms with Gasteiger partial charge in [0.25, 0.3) is 5.91 Å². The first-order valence-corrected chi connectivity index (χ1v) is 8.40. The summed E-state index contributed by atoms with van der Waals surface area (Å²) in [5.74, 6) is -1.76. The fourth-order valence-electron chi connectivity index (χ4n) is 2.82. The number of aryl methyl sites for hydroxylation is 2. The Bertz CT molecular complexity index is 981. The van der Waals surface area contributed by atoms with Gasteiger partial charge in [0.15, 0.2) is 11.6 Å². The maximum atomic E-state index is 13.6. The predicted molar refractivity (Wildman–Crippen MR) is 99.8 cm³/mol. The lowest BCUT2D eigenvalue weighted by atomic mass is 10.1. The van der Waals surface area contributed by atoms with Gasteiger partial charge in [-0.05, 0) is 37.6 Å². The normalized spacial score (nSPS) is 11.0. The van der Waals surface area contributed by atoms with E-state index in [1.165, 1.54) is 0 Å². The number of pyridine rings is 1. The fraction of sp³-hybridized carbons (Fsp3) is 0.278. The summed E-state index contributed by atoms with van der Waals surface area (Å²) in [7, 11) is 0. The van der Waals surface area contributed by atoms with Crippen LogP contribution < -0.4 is 16.8 Å². The Labute approximate surface area is 150 Å². The number of amides is 1. The smallest absolute Gasteiger partial charge is 0.252 e. The van der Waals surface area contributed by atoms with E-state index in [9.17, 15) is 9.18 Å². The number of benzene rings is 1. The van der Waals surface area contributed by atoms with Gasteiger partial charge in [-0.3, -0.25) is 9.48 Å². The molecule has 7 nitrogen and oxygen atoms in total. The summed E-state index contributed by atoms with van der Waals surface area (Å²) in [5, 5.41) is 8.56. The summed E-state index contributed by atoms with van der Waals surface area (Å²) in [4.78, 5) is 15.5. The first-order valence-electron chi connectivity index (χ1n) is 8.40. The van der Waals surface area contributed by atoms with Gasteiger partial charge in [0.05, 0.1) is 16.8 Å². The van der Waals surface area contributed by atoms with Crippen molar-refractivity contribution in [2.75, 3.05) is 11.1 Å². The molecule has 0 bridgehead atoms. The third-order valence-corrected chi connectivity index (χ3v) is 4.19. The second-order valence-electron chi connectivity index (χ2n) is 6.13. The van der Waals surface area contributed by atoms with Crippen LogP contribution in [0, 0.1) is 12.7 Å². The number of carbonyl (C=O) groups is 1. The number of carbonyl (C=O) groups excluding carboxylic acids is 1. The molecule has 0 aliphatic rings. The van der Waals surface area contributed by atoms with Crippen molar-refractivity contribution in [2.45, 2.75) is 33.2 Å². The van der Waals surface area contributed by atoms with Gasteiger partial charge < -0.3 is 16.8 Å². The first-order chi connectivity index (χ1) is 12.4. The molecule has 1 amide bonds. The second kappa shape index (κ2) is 6.99. The third kappa shape index (κ3) is 3.30. The monoisotopic (exact) mass is 356 g/mol. The summed E-state index contributed by atoms with van der Waals surface area (Å²) in [6.45, 7) is 4.94. The van der Waals surface area contributed by atoms with Crippen LogP contribution in [0.2, 0.25) is 0 Å². The minimum atomic E-state index is -0.788. The largest absolute Gasteiger partial charge is 0.381 e. The first kappa shape index (κ1) is 17.7. The average molecular weight is 356 g/mol. The number of nitrogens with one attached hydrogen (secondary N) is 1. The van der Waals surface area contributed by atoms with Gasteiger partial charge in [-0.2, -0.15) is 5.10 Å². The van der Waals surface area contributed by atoms with Gasteiger partial charge in [-0.25, -0.2) is 9.37 Å². The van der Waals surface area contributed by atoms with Crippen LogP contribution in [0.4, 0.5) is 21.7 Å². The van der Waals surface area contributed by atoms with Gasteiger partial charge in [-0.1, -0.05) is 13.3 Å². The second-order valence-corrected chi connectivity index (χ2v) is 6.13. The van der Waals surface area contributed by atoms with E-state index in [2.05, 4.69) is 22.3 Å². The Hall–Kier alpha value is -3.16. The van der Waals surface area contributed by atoms with Gasteiger partial charge >= 0.3 is 0 Å². The van der Waals surface area contributed by atoms with Crippen LogP contribution in [0.25, 0.3) is 10.9 Å². The van der Waals surface area contributed by atoms with Crippen LogP contribution in [-0.4, -0.2) is 20.7 Å². The number of nitrogen functional groups attached to an aromatic ring is 1. The summed E-state index contributed by atoms with van der Waals surface area (Å²) in [5.41, 5.74) is 13.4. The SMILES string of the molecule is CCCCn1nc(C)c2cc(Nc3nc(N)c(F)cc3C(N)=O)ccc21. The number of hydrogen-bond donors (Lipinski definition) is 3. The zero-order valence-electron chi connectivity index (χ0n) is 14.7. The van der Waals surface area contributed by atoms with Crippen molar-refractivity contribution in [3.8, 4) is 0 Å². The fourth-order valence-corrected chi connectivity index (χ4v) is 2.82. The standard InChI is InChI=1S/C18H21FN6O/c1-3-4-7-25-15-6-5-11(8-12(15)10(2)24-25)22-18-13(17(21)26)9-14(19)16(20)23-18/h5-6,8-9H,3-4,7H2,1-2H3,(H2,21,26)(H3,20,22,23). The van der Waals surface area contributed by atoms with Crippen LogP contribution in [0.5, 0.6) is 0 Å². The number of primary amides is 1. The van der Waals surface area contributed by atoms with Crippen LogP contribution >= 0.6 is 0 Å². The predicted octanol–water partition coefficient (Wildman–Crippen LogP) is 3.10. The van der Waals surface area contributed by atoms with E-state index in [-0.39, 0.29) is 17.2 Å². The van der Waals surface area contributed by atoms with Crippen molar-refractivity contribution >= 4 is 34.1 Å². The van der Waals surface area contributed by atoms with Crippen LogP contribution in [0.1, 0.15) is 35.8 Å². The lowest BCUT2D eigenvalue weighted by Crippen LogP contribution is -2.16. The zero-order chi connectivity index (χ0) is 18.8. The molecule has 136 valence electrons. The minimum absolute atomic E-state index is 0.0628. The Morgan fingerprint density at radius 2 is 2.12 bits per heavy atom. The number of nitrogens with zero attached hydrogens (tertiary/aromatic N) is 3. The minimum Gasteiger partial charge on any atom is -0.381 e. The molecule has 8 heteroatoms. The number of unbranched alkanes of at least 4 members (excludes halogenated alkanes) is 1. The van der Waals surface area contributed by atoms with E-state index in [4.69, 9.17) is 11.5 Å². The summed E-state index contributed by atoms with van der Waals surface area (Å²) in [6, 6.07) is 6.69. The molecule has 0 unspecified atom stereocenters. The Morgan fingerprint density at radius 1 is 1.35 bits per heavy atom. The molecule has 1 aromatic carbocycles. The van der Waals surface area contributed by atoms with Gasteiger partial charge in [0.1, 0.15) is 5.82 Å². The molecular formula is C18H21FN6O. The quantitative estimate of drug-likeness (QED) is 0.628. The number of nitrogens with two attached hydrogens (primary N) is 2. The van der Waals surface area contributed by atoms with E-state index in [0.29, 0.717) is 5.69 Å². The molecule has 0 atom stereocenters. The van der Waals surface area contributed by atoms with Crippen molar-refractivity contribution in [2.24, 2.45) is 5.73 Å². The molecule has 0 spiro atoms. The lowest BCUT2D eigenvalue weighted by molar-refractivity contribution is 0.100. The number of rotatable bonds is 6. The van der Waals surface area contributed by atoms with Crippen molar-refractivity contribution in [1.82, 2.24) is 14.8 Å². The summed E-state index contributed by atoms with van der Waals surface area (Å²) < 4.78 is 15.6. The molecule has 0 saturated heterocycles.